The van der Waals surface area contributed by atoms with E-state index >= 15 is 0 Å². The first-order chi connectivity index (χ1) is 26.5. The van der Waals surface area contributed by atoms with E-state index in [0.29, 0.717) is 24.8 Å². The van der Waals surface area contributed by atoms with Crippen LogP contribution in [0.3, 0.4) is 0 Å². The molecule has 4 fully saturated rings. The van der Waals surface area contributed by atoms with Crippen molar-refractivity contribution in [3.05, 3.63) is 47.0 Å². The Kier molecular flexibility index (Phi) is 12.2. The largest absolute Gasteiger partial charge is 0.481 e. The maximum Gasteiger partial charge on any atom is 0.309 e. The van der Waals surface area contributed by atoms with Gasteiger partial charge in [-0.3, -0.25) is 19.3 Å². The molecule has 0 radical (unpaired) electrons. The highest BCUT2D eigenvalue weighted by Crippen LogP contribution is 2.77. The Balaban J connectivity index is 1.27. The second-order valence-corrected chi connectivity index (χ2v) is 21.9. The van der Waals surface area contributed by atoms with Crippen LogP contribution in [0.25, 0.3) is 0 Å². The van der Waals surface area contributed by atoms with E-state index < -0.39 is 28.9 Å². The second kappa shape index (κ2) is 15.8. The van der Waals surface area contributed by atoms with Gasteiger partial charge in [0.2, 0.25) is 0 Å². The highest BCUT2D eigenvalue weighted by molar-refractivity contribution is 6.00. The quantitative estimate of drug-likeness (QED) is 0.180. The number of hydrogen-bond acceptors (Lipinski definition) is 7. The van der Waals surface area contributed by atoms with Crippen LogP contribution in [0.2, 0.25) is 0 Å². The normalized spacial score (nSPS) is 35.5. The Morgan fingerprint density at radius 1 is 0.877 bits per heavy atom. The molecule has 0 spiro atoms. The van der Waals surface area contributed by atoms with Crippen LogP contribution in [-0.4, -0.2) is 90.2 Å². The average Bonchev–Trinajstić information content (AvgIpc) is 3.44. The molecule has 8 nitrogen and oxygen atoms in total. The van der Waals surface area contributed by atoms with Crippen molar-refractivity contribution in [1.82, 2.24) is 9.80 Å². The smallest absolute Gasteiger partial charge is 0.309 e. The van der Waals surface area contributed by atoms with E-state index in [9.17, 15) is 24.6 Å². The zero-order chi connectivity index (χ0) is 41.9. The lowest BCUT2D eigenvalue weighted by molar-refractivity contribution is -0.235. The molecule has 2 N–H and O–H groups in total. The van der Waals surface area contributed by atoms with Gasteiger partial charge in [0.1, 0.15) is 6.10 Å². The van der Waals surface area contributed by atoms with Gasteiger partial charge in [0.15, 0.2) is 5.78 Å². The zero-order valence-corrected chi connectivity index (χ0v) is 37.4. The number of carboxylic acid groups (broad SMARTS) is 1. The number of esters is 1. The third kappa shape index (κ3) is 7.60. The van der Waals surface area contributed by atoms with Crippen molar-refractivity contribution in [2.24, 2.45) is 56.2 Å². The molecule has 0 heterocycles. The predicted molar refractivity (Wildman–Crippen MR) is 226 cm³/mol. The molecule has 5 aliphatic carbocycles. The molecule has 57 heavy (non-hydrogen) atoms. The molecule has 0 aromatic heterocycles. The third-order valence-electron chi connectivity index (χ3n) is 17.4. The van der Waals surface area contributed by atoms with E-state index in [-0.39, 0.29) is 51.8 Å². The highest BCUT2D eigenvalue weighted by atomic mass is 16.5. The number of allylic oxidation sites excluding steroid dienone is 1. The molecule has 8 heteroatoms. The number of nitrogens with zero attached hydrogens (tertiary/aromatic N) is 2. The van der Waals surface area contributed by atoms with Crippen molar-refractivity contribution < 1.29 is 29.3 Å². The van der Waals surface area contributed by atoms with E-state index in [0.717, 1.165) is 83.0 Å². The zero-order valence-electron chi connectivity index (χ0n) is 37.4. The molecule has 1 aromatic rings. The van der Waals surface area contributed by atoms with Crippen molar-refractivity contribution in [3.8, 4) is 0 Å². The fourth-order valence-electron chi connectivity index (χ4n) is 13.9. The van der Waals surface area contributed by atoms with Gasteiger partial charge in [-0.05, 0) is 137 Å². The summed E-state index contributed by atoms with van der Waals surface area (Å²) in [6, 6.07) is 10.6. The predicted octanol–water partition coefficient (Wildman–Crippen LogP) is 8.85. The third-order valence-corrected chi connectivity index (χ3v) is 17.4. The van der Waals surface area contributed by atoms with Crippen LogP contribution in [0.15, 0.2) is 41.5 Å². The molecular weight excluding hydrogens is 713 g/mol. The first-order valence-corrected chi connectivity index (χ1v) is 22.3. The van der Waals surface area contributed by atoms with Crippen molar-refractivity contribution >= 4 is 17.7 Å². The number of rotatable bonds is 14. The number of likely N-dealkylation sites (N-methyl/N-ethyl adjacent to an activating group) is 1. The lowest BCUT2D eigenvalue weighted by Gasteiger charge is -2.72. The van der Waals surface area contributed by atoms with Crippen molar-refractivity contribution in [3.63, 3.8) is 0 Å². The molecule has 318 valence electrons. The second-order valence-electron chi connectivity index (χ2n) is 21.9. The monoisotopic (exact) mass is 789 g/mol. The number of benzene rings is 1. The standard InChI is InChI=1S/C49H76N2O6/c1-32(2)41-35(52)29-49(38(53)31-51(28-27-50(10)11)26-21-33-15-13-12-14-16-33)25-24-47(8)34(42(41)49)17-18-37-46(7)22-20-39(57-40(54)30-44(3,4)43(55)56)45(5,6)36(46)19-23-48(37,47)9/h12-16,32,34,36-39,53H,17-31H2,1-11H3,(H,55,56)/t34-,36+,37-,38+,39+,46+,47-,48-,49+/m1/s1. The van der Waals surface area contributed by atoms with Gasteiger partial charge < -0.3 is 19.8 Å². The molecule has 0 saturated heterocycles. The van der Waals surface area contributed by atoms with Gasteiger partial charge in [0.25, 0.3) is 0 Å². The summed E-state index contributed by atoms with van der Waals surface area (Å²) in [5, 5.41) is 22.3. The Bertz CT molecular complexity index is 1700. The number of aliphatic hydroxyl groups is 1. The average molecular weight is 789 g/mol. The minimum absolute atomic E-state index is 0.0129. The van der Waals surface area contributed by atoms with Crippen LogP contribution in [0.1, 0.15) is 132 Å². The van der Waals surface area contributed by atoms with Crippen molar-refractivity contribution in [1.29, 1.82) is 0 Å². The van der Waals surface area contributed by atoms with Crippen molar-refractivity contribution in [2.45, 2.75) is 145 Å². The lowest BCUT2D eigenvalue weighted by Crippen LogP contribution is -2.66. The maximum atomic E-state index is 14.3. The Morgan fingerprint density at radius 3 is 2.19 bits per heavy atom. The number of ether oxygens (including phenoxy) is 1. The summed E-state index contributed by atoms with van der Waals surface area (Å²) >= 11 is 0. The molecule has 1 aromatic carbocycles. The molecule has 5 aliphatic rings. The first kappa shape index (κ1) is 44.0. The number of carbonyl (C=O) groups excluding carboxylic acids is 2. The van der Waals surface area contributed by atoms with Gasteiger partial charge in [-0.15, -0.1) is 0 Å². The van der Waals surface area contributed by atoms with Crippen LogP contribution in [-0.2, 0) is 25.5 Å². The number of Topliss-reactive ketones (excluding diaryl/α,β-unsaturated/α-hetero) is 1. The first-order valence-electron chi connectivity index (χ1n) is 22.3. The maximum absolute atomic E-state index is 14.3. The molecule has 0 aliphatic heterocycles. The van der Waals surface area contributed by atoms with Gasteiger partial charge in [0.05, 0.1) is 17.9 Å². The molecule has 6 rings (SSSR count). The number of hydrogen-bond donors (Lipinski definition) is 2. The molecule has 0 bridgehead atoms. The van der Waals surface area contributed by atoms with E-state index in [1.807, 2.05) is 0 Å². The van der Waals surface area contributed by atoms with Gasteiger partial charge in [0, 0.05) is 43.4 Å². The summed E-state index contributed by atoms with van der Waals surface area (Å²) in [6.45, 7) is 23.0. The van der Waals surface area contributed by atoms with E-state index in [4.69, 9.17) is 4.74 Å². The Morgan fingerprint density at radius 2 is 1.56 bits per heavy atom. The minimum atomic E-state index is -1.17. The topological polar surface area (TPSA) is 107 Å². The van der Waals surface area contributed by atoms with Crippen LogP contribution in [0.4, 0.5) is 0 Å². The number of ketones is 1. The fraction of sp³-hybridized carbons (Fsp3) is 0.776. The Labute approximate surface area is 344 Å². The van der Waals surface area contributed by atoms with Gasteiger partial charge in [-0.2, -0.15) is 0 Å². The SMILES string of the molecule is CC(C)C1=C2[C@H]3CC[C@@H]4[C@@]5(C)CC[C@H](OC(=O)CC(C)(C)C(=O)O)C(C)(C)[C@@H]5CC[C@@]4(C)[C@]3(C)CC[C@@]2([C@@H](O)CN(CCc2ccccc2)CCN(C)C)CC1=O. The van der Waals surface area contributed by atoms with E-state index in [2.05, 4.69) is 103 Å². The van der Waals surface area contributed by atoms with Crippen LogP contribution >= 0.6 is 0 Å². The number of aliphatic carboxylic acids is 1. The molecule has 0 amide bonds. The minimum Gasteiger partial charge on any atom is -0.481 e. The summed E-state index contributed by atoms with van der Waals surface area (Å²) in [7, 11) is 4.21. The van der Waals surface area contributed by atoms with Gasteiger partial charge in [-0.25, -0.2) is 0 Å². The van der Waals surface area contributed by atoms with Gasteiger partial charge in [-0.1, -0.05) is 84.4 Å². The lowest BCUT2D eigenvalue weighted by atomic mass is 9.33. The van der Waals surface area contributed by atoms with Crippen LogP contribution < -0.4 is 0 Å². The highest BCUT2D eigenvalue weighted by Gasteiger charge is 2.71. The summed E-state index contributed by atoms with van der Waals surface area (Å²) in [4.78, 5) is 43.9. The van der Waals surface area contributed by atoms with E-state index in [1.165, 1.54) is 11.1 Å². The van der Waals surface area contributed by atoms with Gasteiger partial charge >= 0.3 is 11.9 Å². The Hall–Kier alpha value is -2.55. The summed E-state index contributed by atoms with van der Waals surface area (Å²) in [5.41, 5.74) is 1.82. The van der Waals surface area contributed by atoms with Crippen LogP contribution in [0.5, 0.6) is 0 Å². The van der Waals surface area contributed by atoms with Crippen molar-refractivity contribution in [2.75, 3.05) is 40.3 Å². The molecule has 9 atom stereocenters. The molecular formula is C49H76N2O6. The molecule has 4 saturated carbocycles. The number of fused-ring (bicyclic) bond motifs is 7. The summed E-state index contributed by atoms with van der Waals surface area (Å²) in [5.74, 6) is 0.0937. The number of carbonyl (C=O) groups is 3. The number of aliphatic hydroxyl groups excluding tert-OH is 1. The summed E-state index contributed by atoms with van der Waals surface area (Å²) in [6.07, 6.45) is 8.26. The van der Waals surface area contributed by atoms with E-state index in [1.54, 1.807) is 13.8 Å². The van der Waals surface area contributed by atoms with Crippen LogP contribution in [0, 0.1) is 56.2 Å². The summed E-state index contributed by atoms with van der Waals surface area (Å²) < 4.78 is 6.20. The molecule has 0 unspecified atom stereocenters. The number of carboxylic acids is 1. The fourth-order valence-corrected chi connectivity index (χ4v) is 13.9.